The zero-order valence-corrected chi connectivity index (χ0v) is 16.9. The van der Waals surface area contributed by atoms with E-state index >= 15 is 0 Å². The van der Waals surface area contributed by atoms with Crippen molar-refractivity contribution in [3.8, 4) is 0 Å². The molecule has 1 aliphatic carbocycles. The molecule has 3 N–H and O–H groups in total. The zero-order chi connectivity index (χ0) is 18.8. The standard InChI is InChI=1S/C22H27N3OS/c1-14-10-11-17-18(13-14)27-22-19(17)21(26)24-20(25-22)15(2)23-12-6-9-16-7-4-3-5-8-16/h3-5,7-8,14-15,23H,6,9-13H2,1-2H3,(H,24,25,26)/p+1/t14-,15-/m1/s1. The van der Waals surface area contributed by atoms with E-state index in [4.69, 9.17) is 4.98 Å². The summed E-state index contributed by atoms with van der Waals surface area (Å²) in [5.41, 5.74) is 2.68. The third-order valence-corrected chi connectivity index (χ3v) is 6.80. The van der Waals surface area contributed by atoms with Crippen molar-refractivity contribution in [1.29, 1.82) is 0 Å². The zero-order valence-electron chi connectivity index (χ0n) is 16.1. The highest BCUT2D eigenvalue weighted by Crippen LogP contribution is 2.35. The first-order valence-electron chi connectivity index (χ1n) is 10.0. The van der Waals surface area contributed by atoms with Crippen LogP contribution in [0.15, 0.2) is 35.1 Å². The molecule has 5 heteroatoms. The summed E-state index contributed by atoms with van der Waals surface area (Å²) < 4.78 is 0. The maximum atomic E-state index is 12.7. The Morgan fingerprint density at radius 1 is 1.33 bits per heavy atom. The van der Waals surface area contributed by atoms with Gasteiger partial charge in [-0.3, -0.25) is 4.79 Å². The molecule has 1 aromatic carbocycles. The molecule has 0 amide bonds. The number of fused-ring (bicyclic) bond motifs is 3. The molecule has 4 rings (SSSR count). The summed E-state index contributed by atoms with van der Waals surface area (Å²) in [5.74, 6) is 1.51. The summed E-state index contributed by atoms with van der Waals surface area (Å²) in [6.45, 7) is 5.45. The van der Waals surface area contributed by atoms with Crippen LogP contribution in [-0.4, -0.2) is 16.5 Å². The van der Waals surface area contributed by atoms with Gasteiger partial charge in [-0.05, 0) is 49.7 Å². The number of hydrogen-bond acceptors (Lipinski definition) is 3. The Balaban J connectivity index is 1.44. The van der Waals surface area contributed by atoms with Gasteiger partial charge in [-0.1, -0.05) is 37.3 Å². The number of nitrogens with zero attached hydrogens (tertiary/aromatic N) is 1. The molecule has 0 bridgehead atoms. The molecule has 0 unspecified atom stereocenters. The van der Waals surface area contributed by atoms with Gasteiger partial charge in [-0.2, -0.15) is 0 Å². The highest BCUT2D eigenvalue weighted by atomic mass is 32.1. The fraction of sp³-hybridized carbons (Fsp3) is 0.455. The first-order chi connectivity index (χ1) is 13.1. The van der Waals surface area contributed by atoms with Crippen molar-refractivity contribution in [1.82, 2.24) is 9.97 Å². The molecule has 2 heterocycles. The van der Waals surface area contributed by atoms with Crippen LogP contribution in [0.25, 0.3) is 10.2 Å². The van der Waals surface area contributed by atoms with Crippen molar-refractivity contribution >= 4 is 21.6 Å². The number of aromatic nitrogens is 2. The molecule has 0 saturated carbocycles. The van der Waals surface area contributed by atoms with Gasteiger partial charge in [-0.25, -0.2) is 4.98 Å². The third-order valence-electron chi connectivity index (χ3n) is 5.65. The van der Waals surface area contributed by atoms with E-state index in [0.717, 1.165) is 48.3 Å². The summed E-state index contributed by atoms with van der Waals surface area (Å²) in [6.07, 6.45) is 5.48. The SMILES string of the molecule is C[C@@H]1CCc2c(sc3nc([C@@H](C)[NH2+]CCCc4ccccc4)[nH]c(=O)c23)C1. The molecule has 27 heavy (non-hydrogen) atoms. The summed E-state index contributed by atoms with van der Waals surface area (Å²) >= 11 is 1.73. The van der Waals surface area contributed by atoms with Gasteiger partial charge in [0.05, 0.1) is 11.9 Å². The van der Waals surface area contributed by atoms with Crippen LogP contribution >= 0.6 is 11.3 Å². The lowest BCUT2D eigenvalue weighted by molar-refractivity contribution is -0.694. The van der Waals surface area contributed by atoms with Crippen LogP contribution in [0.3, 0.4) is 0 Å². The van der Waals surface area contributed by atoms with Crippen molar-refractivity contribution in [2.45, 2.75) is 52.0 Å². The molecule has 0 fully saturated rings. The molecule has 0 aliphatic heterocycles. The second-order valence-corrected chi connectivity index (χ2v) is 8.97. The Bertz CT molecular complexity index is 976. The molecule has 142 valence electrons. The number of nitrogens with two attached hydrogens (primary N) is 1. The molecule has 2 aromatic heterocycles. The Morgan fingerprint density at radius 3 is 2.96 bits per heavy atom. The molecule has 0 spiro atoms. The lowest BCUT2D eigenvalue weighted by Crippen LogP contribution is -2.85. The quantitative estimate of drug-likeness (QED) is 0.642. The Kier molecular flexibility index (Phi) is 5.41. The largest absolute Gasteiger partial charge is 0.338 e. The predicted molar refractivity (Wildman–Crippen MR) is 111 cm³/mol. The molecular weight excluding hydrogens is 354 g/mol. The van der Waals surface area contributed by atoms with Gasteiger partial charge in [0.25, 0.3) is 5.56 Å². The van der Waals surface area contributed by atoms with Crippen LogP contribution in [0.1, 0.15) is 54.6 Å². The number of nitrogens with one attached hydrogen (secondary N) is 1. The molecule has 2 atom stereocenters. The van der Waals surface area contributed by atoms with E-state index in [1.807, 2.05) is 0 Å². The van der Waals surface area contributed by atoms with Gasteiger partial charge in [0.1, 0.15) is 10.9 Å². The maximum absolute atomic E-state index is 12.7. The number of aromatic amines is 1. The summed E-state index contributed by atoms with van der Waals surface area (Å²) in [6, 6.07) is 10.8. The number of rotatable bonds is 6. The molecule has 4 nitrogen and oxygen atoms in total. The topological polar surface area (TPSA) is 62.4 Å². The fourth-order valence-corrected chi connectivity index (χ4v) is 5.40. The van der Waals surface area contributed by atoms with Gasteiger partial charge in [0.2, 0.25) is 0 Å². The van der Waals surface area contributed by atoms with Crippen molar-refractivity contribution in [2.24, 2.45) is 5.92 Å². The molecule has 3 aromatic rings. The Hall–Kier alpha value is -1.98. The van der Waals surface area contributed by atoms with E-state index in [1.165, 1.54) is 22.4 Å². The van der Waals surface area contributed by atoms with E-state index in [9.17, 15) is 4.79 Å². The van der Waals surface area contributed by atoms with Crippen molar-refractivity contribution in [3.05, 3.63) is 62.5 Å². The van der Waals surface area contributed by atoms with E-state index in [-0.39, 0.29) is 11.6 Å². The van der Waals surface area contributed by atoms with Gasteiger partial charge < -0.3 is 10.3 Å². The second kappa shape index (κ2) is 7.95. The molecular formula is C22H28N3OS+. The Morgan fingerprint density at radius 2 is 2.15 bits per heavy atom. The van der Waals surface area contributed by atoms with Crippen molar-refractivity contribution < 1.29 is 5.32 Å². The third kappa shape index (κ3) is 3.99. The number of hydrogen-bond donors (Lipinski definition) is 2. The lowest BCUT2D eigenvalue weighted by Gasteiger charge is -2.17. The van der Waals surface area contributed by atoms with E-state index < -0.39 is 0 Å². The van der Waals surface area contributed by atoms with Gasteiger partial charge in [0, 0.05) is 11.3 Å². The number of benzene rings is 1. The minimum Gasteiger partial charge on any atom is -0.338 e. The molecule has 1 aliphatic rings. The monoisotopic (exact) mass is 382 g/mol. The summed E-state index contributed by atoms with van der Waals surface area (Å²) in [7, 11) is 0. The smallest absolute Gasteiger partial charge is 0.260 e. The fourth-order valence-electron chi connectivity index (χ4n) is 4.01. The number of aryl methyl sites for hydroxylation is 2. The predicted octanol–water partition coefficient (Wildman–Crippen LogP) is 3.37. The van der Waals surface area contributed by atoms with Crippen LogP contribution < -0.4 is 10.9 Å². The van der Waals surface area contributed by atoms with Crippen molar-refractivity contribution in [3.63, 3.8) is 0 Å². The van der Waals surface area contributed by atoms with Crippen LogP contribution in [0.2, 0.25) is 0 Å². The minimum absolute atomic E-state index is 0.0478. The van der Waals surface area contributed by atoms with Crippen LogP contribution in [0, 0.1) is 5.92 Å². The number of H-pyrrole nitrogens is 1. The second-order valence-electron chi connectivity index (χ2n) is 7.89. The van der Waals surface area contributed by atoms with Crippen LogP contribution in [0.5, 0.6) is 0 Å². The summed E-state index contributed by atoms with van der Waals surface area (Å²) in [4.78, 5) is 22.9. The Labute approximate surface area is 164 Å². The van der Waals surface area contributed by atoms with E-state index in [1.54, 1.807) is 11.3 Å². The van der Waals surface area contributed by atoms with E-state index in [0.29, 0.717) is 5.92 Å². The molecule has 0 saturated heterocycles. The van der Waals surface area contributed by atoms with Gasteiger partial charge in [0.15, 0.2) is 5.82 Å². The first kappa shape index (κ1) is 18.4. The highest BCUT2D eigenvalue weighted by Gasteiger charge is 2.24. The van der Waals surface area contributed by atoms with Gasteiger partial charge in [-0.15, -0.1) is 11.3 Å². The first-order valence-corrected chi connectivity index (χ1v) is 10.8. The molecule has 0 radical (unpaired) electrons. The van der Waals surface area contributed by atoms with Gasteiger partial charge >= 0.3 is 0 Å². The average Bonchev–Trinajstić information content (AvgIpc) is 3.03. The van der Waals surface area contributed by atoms with E-state index in [2.05, 4.69) is 54.5 Å². The normalized spacial score (nSPS) is 17.8. The number of thiophene rings is 1. The average molecular weight is 383 g/mol. The van der Waals surface area contributed by atoms with Crippen LogP contribution in [-0.2, 0) is 19.3 Å². The lowest BCUT2D eigenvalue weighted by atomic mass is 9.89. The highest BCUT2D eigenvalue weighted by molar-refractivity contribution is 7.18. The summed E-state index contributed by atoms with van der Waals surface area (Å²) in [5, 5.41) is 3.13. The maximum Gasteiger partial charge on any atom is 0.260 e. The number of quaternary nitrogens is 1. The van der Waals surface area contributed by atoms with Crippen LogP contribution in [0.4, 0.5) is 0 Å². The minimum atomic E-state index is 0.0478. The van der Waals surface area contributed by atoms with Crippen molar-refractivity contribution in [2.75, 3.05) is 6.54 Å².